The van der Waals surface area contributed by atoms with E-state index in [0.29, 0.717) is 12.2 Å². The number of carboxylic acid groups (broad SMARTS) is 1. The summed E-state index contributed by atoms with van der Waals surface area (Å²) < 4.78 is 10.8. The van der Waals surface area contributed by atoms with Crippen molar-refractivity contribution in [1.29, 1.82) is 0 Å². The monoisotopic (exact) mass is 222 g/mol. The second kappa shape index (κ2) is 4.04. The first-order chi connectivity index (χ1) is 7.63. The number of carboxylic acids is 1. The van der Waals surface area contributed by atoms with Crippen LogP contribution in [0.15, 0.2) is 18.2 Å². The van der Waals surface area contributed by atoms with E-state index in [-0.39, 0.29) is 6.10 Å². The van der Waals surface area contributed by atoms with Crippen molar-refractivity contribution in [3.05, 3.63) is 23.8 Å². The molecule has 1 heterocycles. The summed E-state index contributed by atoms with van der Waals surface area (Å²) in [4.78, 5) is 11.1. The number of methoxy groups -OCH3 is 1. The minimum atomic E-state index is -0.830. The smallest absolute Gasteiger partial charge is 0.310 e. The molecule has 1 N–H and O–H groups in total. The van der Waals surface area contributed by atoms with E-state index >= 15 is 0 Å². The van der Waals surface area contributed by atoms with Gasteiger partial charge in [0.05, 0.1) is 13.0 Å². The van der Waals surface area contributed by atoms with Gasteiger partial charge in [0.25, 0.3) is 0 Å². The molecular weight excluding hydrogens is 208 g/mol. The fraction of sp³-hybridized carbons (Fsp3) is 0.417. The molecule has 16 heavy (non-hydrogen) atoms. The van der Waals surface area contributed by atoms with Gasteiger partial charge in [0, 0.05) is 5.56 Å². The Bertz CT molecular complexity index is 413. The molecule has 2 rings (SSSR count). The highest BCUT2D eigenvalue weighted by atomic mass is 16.5. The molecule has 1 aromatic rings. The topological polar surface area (TPSA) is 55.8 Å². The average molecular weight is 222 g/mol. The number of ether oxygens (including phenoxy) is 2. The van der Waals surface area contributed by atoms with Gasteiger partial charge in [0.1, 0.15) is 17.6 Å². The van der Waals surface area contributed by atoms with Gasteiger partial charge in [-0.1, -0.05) is 6.07 Å². The van der Waals surface area contributed by atoms with Crippen LogP contribution < -0.4 is 9.47 Å². The Morgan fingerprint density at radius 1 is 1.56 bits per heavy atom. The minimum Gasteiger partial charge on any atom is -0.496 e. The molecule has 2 unspecified atom stereocenters. The van der Waals surface area contributed by atoms with Gasteiger partial charge in [-0.15, -0.1) is 0 Å². The predicted molar refractivity (Wildman–Crippen MR) is 57.9 cm³/mol. The van der Waals surface area contributed by atoms with Crippen LogP contribution in [0.3, 0.4) is 0 Å². The van der Waals surface area contributed by atoms with Crippen molar-refractivity contribution in [3.8, 4) is 11.5 Å². The van der Waals surface area contributed by atoms with E-state index in [1.54, 1.807) is 14.0 Å². The molecule has 0 bridgehead atoms. The van der Waals surface area contributed by atoms with Crippen LogP contribution >= 0.6 is 0 Å². The Morgan fingerprint density at radius 2 is 2.31 bits per heavy atom. The summed E-state index contributed by atoms with van der Waals surface area (Å²) in [7, 11) is 1.57. The van der Waals surface area contributed by atoms with Crippen molar-refractivity contribution >= 4 is 5.97 Å². The maximum Gasteiger partial charge on any atom is 0.310 e. The molecule has 0 aliphatic carbocycles. The first kappa shape index (κ1) is 10.8. The number of fused-ring (bicyclic) bond motifs is 1. The number of benzene rings is 1. The Balaban J connectivity index is 2.39. The summed E-state index contributed by atoms with van der Waals surface area (Å²) in [6.45, 7) is 1.78. The van der Waals surface area contributed by atoms with Crippen LogP contribution in [0.2, 0.25) is 0 Å². The first-order valence-corrected chi connectivity index (χ1v) is 5.19. The summed E-state index contributed by atoms with van der Waals surface area (Å²) in [5, 5.41) is 9.08. The molecule has 1 aliphatic rings. The molecule has 0 saturated carbocycles. The Labute approximate surface area is 93.8 Å². The molecule has 0 radical (unpaired) electrons. The first-order valence-electron chi connectivity index (χ1n) is 5.19. The minimum absolute atomic E-state index is 0.308. The van der Waals surface area contributed by atoms with E-state index in [0.717, 1.165) is 11.3 Å². The summed E-state index contributed by atoms with van der Waals surface area (Å²) in [6, 6.07) is 5.50. The van der Waals surface area contributed by atoms with Crippen molar-refractivity contribution in [1.82, 2.24) is 0 Å². The number of carbonyl (C=O) groups is 1. The summed E-state index contributed by atoms with van der Waals surface area (Å²) in [6.07, 6.45) is 0.146. The normalized spacial score (nSPS) is 23.1. The molecule has 0 amide bonds. The lowest BCUT2D eigenvalue weighted by molar-refractivity contribution is -0.145. The van der Waals surface area contributed by atoms with Gasteiger partial charge < -0.3 is 14.6 Å². The van der Waals surface area contributed by atoms with E-state index in [4.69, 9.17) is 14.6 Å². The van der Waals surface area contributed by atoms with Crippen LogP contribution in [0, 0.1) is 5.92 Å². The Morgan fingerprint density at radius 3 is 2.94 bits per heavy atom. The van der Waals surface area contributed by atoms with Crippen molar-refractivity contribution in [3.63, 3.8) is 0 Å². The molecule has 1 aliphatic heterocycles. The Hall–Kier alpha value is -1.71. The number of aliphatic carboxylic acids is 1. The lowest BCUT2D eigenvalue weighted by Crippen LogP contribution is -2.35. The van der Waals surface area contributed by atoms with Crippen LogP contribution in [0.5, 0.6) is 11.5 Å². The van der Waals surface area contributed by atoms with Crippen LogP contribution in [-0.2, 0) is 11.2 Å². The molecule has 0 fully saturated rings. The van der Waals surface area contributed by atoms with Gasteiger partial charge in [-0.2, -0.15) is 0 Å². The van der Waals surface area contributed by atoms with Crippen molar-refractivity contribution in [2.75, 3.05) is 7.11 Å². The fourth-order valence-electron chi connectivity index (χ4n) is 2.00. The van der Waals surface area contributed by atoms with Crippen LogP contribution in [0.4, 0.5) is 0 Å². The third-order valence-electron chi connectivity index (χ3n) is 2.93. The molecular formula is C12H14O4. The average Bonchev–Trinajstić information content (AvgIpc) is 2.26. The zero-order valence-corrected chi connectivity index (χ0v) is 9.27. The number of hydrogen-bond acceptors (Lipinski definition) is 3. The SMILES string of the molecule is COc1cccc2c1CC(C(=O)O)C(C)O2. The molecule has 86 valence electrons. The fourth-order valence-corrected chi connectivity index (χ4v) is 2.00. The number of rotatable bonds is 2. The Kier molecular flexibility index (Phi) is 2.73. The van der Waals surface area contributed by atoms with Crippen molar-refractivity contribution in [2.45, 2.75) is 19.4 Å². The van der Waals surface area contributed by atoms with Crippen LogP contribution in [0.25, 0.3) is 0 Å². The highest BCUT2D eigenvalue weighted by Gasteiger charge is 2.33. The number of hydrogen-bond donors (Lipinski definition) is 1. The van der Waals surface area contributed by atoms with Crippen LogP contribution in [-0.4, -0.2) is 24.3 Å². The second-order valence-electron chi connectivity index (χ2n) is 3.91. The zero-order chi connectivity index (χ0) is 11.7. The van der Waals surface area contributed by atoms with E-state index in [1.165, 1.54) is 0 Å². The van der Waals surface area contributed by atoms with Gasteiger partial charge in [0.15, 0.2) is 0 Å². The summed E-state index contributed by atoms with van der Waals surface area (Å²) in [5.41, 5.74) is 0.843. The molecule has 2 atom stereocenters. The predicted octanol–water partition coefficient (Wildman–Crippen LogP) is 1.72. The summed E-state index contributed by atoms with van der Waals surface area (Å²) in [5.74, 6) is 0.0767. The van der Waals surface area contributed by atoms with Gasteiger partial charge in [-0.3, -0.25) is 4.79 Å². The van der Waals surface area contributed by atoms with Gasteiger partial charge in [-0.25, -0.2) is 0 Å². The lowest BCUT2D eigenvalue weighted by Gasteiger charge is -2.29. The third kappa shape index (κ3) is 1.71. The molecule has 0 spiro atoms. The van der Waals surface area contributed by atoms with Crippen LogP contribution in [0.1, 0.15) is 12.5 Å². The van der Waals surface area contributed by atoms with E-state index in [9.17, 15) is 4.79 Å². The molecule has 4 nitrogen and oxygen atoms in total. The van der Waals surface area contributed by atoms with E-state index in [2.05, 4.69) is 0 Å². The second-order valence-corrected chi connectivity index (χ2v) is 3.91. The third-order valence-corrected chi connectivity index (χ3v) is 2.93. The molecule has 0 saturated heterocycles. The van der Waals surface area contributed by atoms with Crippen molar-refractivity contribution < 1.29 is 19.4 Å². The molecule has 0 aromatic heterocycles. The largest absolute Gasteiger partial charge is 0.496 e. The maximum atomic E-state index is 11.1. The van der Waals surface area contributed by atoms with Crippen molar-refractivity contribution in [2.24, 2.45) is 5.92 Å². The van der Waals surface area contributed by atoms with Gasteiger partial charge in [-0.05, 0) is 25.5 Å². The standard InChI is InChI=1S/C12H14O4/c1-7-8(12(13)14)6-9-10(15-2)4-3-5-11(9)16-7/h3-5,7-8H,6H2,1-2H3,(H,13,14). The van der Waals surface area contributed by atoms with E-state index in [1.807, 2.05) is 18.2 Å². The highest BCUT2D eigenvalue weighted by molar-refractivity contribution is 5.72. The highest BCUT2D eigenvalue weighted by Crippen LogP contribution is 2.36. The molecule has 4 heteroatoms. The quantitative estimate of drug-likeness (QED) is 0.827. The summed E-state index contributed by atoms with van der Waals surface area (Å²) >= 11 is 0. The zero-order valence-electron chi connectivity index (χ0n) is 9.27. The van der Waals surface area contributed by atoms with Gasteiger partial charge >= 0.3 is 5.97 Å². The molecule has 1 aromatic carbocycles. The van der Waals surface area contributed by atoms with E-state index < -0.39 is 11.9 Å². The van der Waals surface area contributed by atoms with Gasteiger partial charge in [0.2, 0.25) is 0 Å². The lowest BCUT2D eigenvalue weighted by atomic mass is 9.91. The maximum absolute atomic E-state index is 11.1.